The monoisotopic (exact) mass is 384 g/mol. The van der Waals surface area contributed by atoms with Gasteiger partial charge in [-0.3, -0.25) is 4.79 Å². The van der Waals surface area contributed by atoms with Gasteiger partial charge in [0.25, 0.3) is 5.91 Å². The van der Waals surface area contributed by atoms with Gasteiger partial charge in [0, 0.05) is 19.6 Å². The molecule has 1 amide bonds. The molecule has 2 unspecified atom stereocenters. The second-order valence-corrected chi connectivity index (χ2v) is 5.30. The summed E-state index contributed by atoms with van der Waals surface area (Å²) in [7, 11) is 0. The SMILES string of the molecule is Cl.O=C(NCC(O)COc1cccc(C(F)(F)F)c1)C1CNCCO1. The lowest BCUT2D eigenvalue weighted by atomic mass is 10.2. The molecule has 25 heavy (non-hydrogen) atoms. The fourth-order valence-corrected chi connectivity index (χ4v) is 2.08. The molecule has 0 saturated carbocycles. The number of aliphatic hydroxyl groups is 1. The van der Waals surface area contributed by atoms with Gasteiger partial charge in [0.15, 0.2) is 0 Å². The van der Waals surface area contributed by atoms with E-state index in [9.17, 15) is 23.1 Å². The minimum absolute atomic E-state index is 0. The number of aliphatic hydroxyl groups excluding tert-OH is 1. The molecule has 10 heteroatoms. The summed E-state index contributed by atoms with van der Waals surface area (Å²) in [4.78, 5) is 11.8. The Morgan fingerprint density at radius 1 is 1.48 bits per heavy atom. The first-order chi connectivity index (χ1) is 11.4. The molecule has 1 saturated heterocycles. The topological polar surface area (TPSA) is 79.8 Å². The largest absolute Gasteiger partial charge is 0.491 e. The zero-order valence-electron chi connectivity index (χ0n) is 13.2. The summed E-state index contributed by atoms with van der Waals surface area (Å²) < 4.78 is 48.1. The second kappa shape index (κ2) is 9.81. The van der Waals surface area contributed by atoms with Crippen LogP contribution in [-0.4, -0.2) is 56.1 Å². The molecule has 0 aromatic heterocycles. The van der Waals surface area contributed by atoms with Crippen LogP contribution in [0.4, 0.5) is 13.2 Å². The number of ether oxygens (including phenoxy) is 2. The molecule has 1 aliphatic heterocycles. The number of morpholine rings is 1. The highest BCUT2D eigenvalue weighted by molar-refractivity contribution is 5.85. The maximum atomic E-state index is 12.6. The number of carbonyl (C=O) groups excluding carboxylic acids is 1. The predicted molar refractivity (Wildman–Crippen MR) is 85.8 cm³/mol. The van der Waals surface area contributed by atoms with Crippen LogP contribution in [0.15, 0.2) is 24.3 Å². The molecule has 2 atom stereocenters. The van der Waals surface area contributed by atoms with E-state index in [4.69, 9.17) is 9.47 Å². The molecule has 1 fully saturated rings. The third kappa shape index (κ3) is 7.07. The number of amides is 1. The number of nitrogens with one attached hydrogen (secondary N) is 2. The average molecular weight is 385 g/mol. The molecule has 6 nitrogen and oxygen atoms in total. The minimum atomic E-state index is -4.46. The highest BCUT2D eigenvalue weighted by Crippen LogP contribution is 2.31. The summed E-state index contributed by atoms with van der Waals surface area (Å²) in [5, 5.41) is 15.3. The standard InChI is InChI=1S/C15H19F3N2O4.ClH/c16-15(17,18)10-2-1-3-12(6-10)24-9-11(21)7-20-14(22)13-8-19-4-5-23-13;/h1-3,6,11,13,19,21H,4-5,7-9H2,(H,20,22);1H. The van der Waals surface area contributed by atoms with Crippen molar-refractivity contribution < 1.29 is 32.5 Å². The van der Waals surface area contributed by atoms with Gasteiger partial charge in [-0.05, 0) is 18.2 Å². The van der Waals surface area contributed by atoms with Gasteiger partial charge in [0.05, 0.1) is 12.2 Å². The van der Waals surface area contributed by atoms with Crippen molar-refractivity contribution in [3.8, 4) is 5.75 Å². The maximum absolute atomic E-state index is 12.6. The van der Waals surface area contributed by atoms with E-state index in [1.165, 1.54) is 12.1 Å². The van der Waals surface area contributed by atoms with Gasteiger partial charge in [-0.25, -0.2) is 0 Å². The Morgan fingerprint density at radius 3 is 2.88 bits per heavy atom. The van der Waals surface area contributed by atoms with Gasteiger partial charge in [0.2, 0.25) is 0 Å². The van der Waals surface area contributed by atoms with E-state index in [2.05, 4.69) is 10.6 Å². The summed E-state index contributed by atoms with van der Waals surface area (Å²) in [5.41, 5.74) is -0.829. The van der Waals surface area contributed by atoms with Crippen molar-refractivity contribution in [2.45, 2.75) is 18.4 Å². The zero-order chi connectivity index (χ0) is 17.6. The Bertz CT molecular complexity index is 554. The van der Waals surface area contributed by atoms with Crippen molar-refractivity contribution >= 4 is 18.3 Å². The first-order valence-corrected chi connectivity index (χ1v) is 7.44. The van der Waals surface area contributed by atoms with E-state index in [0.29, 0.717) is 19.7 Å². The lowest BCUT2D eigenvalue weighted by Gasteiger charge is -2.23. The van der Waals surface area contributed by atoms with Gasteiger partial charge in [-0.1, -0.05) is 6.07 Å². The van der Waals surface area contributed by atoms with Crippen molar-refractivity contribution in [1.82, 2.24) is 10.6 Å². The van der Waals surface area contributed by atoms with E-state index in [-0.39, 0.29) is 37.2 Å². The Hall–Kier alpha value is -1.55. The van der Waals surface area contributed by atoms with Crippen LogP contribution in [0.25, 0.3) is 0 Å². The molecule has 142 valence electrons. The first-order valence-electron chi connectivity index (χ1n) is 7.44. The highest BCUT2D eigenvalue weighted by atomic mass is 35.5. The second-order valence-electron chi connectivity index (χ2n) is 5.30. The number of alkyl halides is 3. The van der Waals surface area contributed by atoms with Gasteiger partial charge >= 0.3 is 6.18 Å². The number of hydrogen-bond acceptors (Lipinski definition) is 5. The first kappa shape index (κ1) is 21.5. The van der Waals surface area contributed by atoms with Crippen LogP contribution < -0.4 is 15.4 Å². The molecule has 1 aromatic rings. The Kier molecular flexibility index (Phi) is 8.43. The number of carbonyl (C=O) groups is 1. The molecule has 0 radical (unpaired) electrons. The lowest BCUT2D eigenvalue weighted by Crippen LogP contribution is -2.49. The third-order valence-electron chi connectivity index (χ3n) is 3.34. The van der Waals surface area contributed by atoms with Crippen LogP contribution in [0.3, 0.4) is 0 Å². The van der Waals surface area contributed by atoms with E-state index in [1.807, 2.05) is 0 Å². The zero-order valence-corrected chi connectivity index (χ0v) is 14.0. The number of rotatable bonds is 6. The molecule has 0 spiro atoms. The fraction of sp³-hybridized carbons (Fsp3) is 0.533. The van der Waals surface area contributed by atoms with Crippen LogP contribution in [-0.2, 0) is 15.7 Å². The van der Waals surface area contributed by atoms with Crippen molar-refractivity contribution in [2.75, 3.05) is 32.8 Å². The predicted octanol–water partition coefficient (Wildman–Crippen LogP) is 0.971. The summed E-state index contributed by atoms with van der Waals surface area (Å²) in [6.45, 7) is 1.17. The molecule has 2 rings (SSSR count). The minimum Gasteiger partial charge on any atom is -0.491 e. The summed E-state index contributed by atoms with van der Waals surface area (Å²) in [6.07, 6.45) is -6.13. The number of hydrogen-bond donors (Lipinski definition) is 3. The van der Waals surface area contributed by atoms with Crippen molar-refractivity contribution in [2.24, 2.45) is 0 Å². The smallest absolute Gasteiger partial charge is 0.416 e. The summed E-state index contributed by atoms with van der Waals surface area (Å²) >= 11 is 0. The normalized spacial score (nSPS) is 18.8. The van der Waals surface area contributed by atoms with Crippen LogP contribution in [0.1, 0.15) is 5.56 Å². The molecular formula is C15H20ClF3N2O4. The fourth-order valence-electron chi connectivity index (χ4n) is 2.08. The molecule has 3 N–H and O–H groups in total. The van der Waals surface area contributed by atoms with E-state index < -0.39 is 23.9 Å². The van der Waals surface area contributed by atoms with Gasteiger partial charge in [0.1, 0.15) is 24.6 Å². The Morgan fingerprint density at radius 2 is 2.24 bits per heavy atom. The van der Waals surface area contributed by atoms with Crippen LogP contribution in [0.2, 0.25) is 0 Å². The van der Waals surface area contributed by atoms with Crippen LogP contribution in [0, 0.1) is 0 Å². The Balaban J connectivity index is 0.00000312. The van der Waals surface area contributed by atoms with Crippen molar-refractivity contribution in [3.05, 3.63) is 29.8 Å². The molecule has 0 bridgehead atoms. The molecular weight excluding hydrogens is 365 g/mol. The van der Waals surface area contributed by atoms with E-state index in [1.54, 1.807) is 0 Å². The molecule has 1 aromatic carbocycles. The van der Waals surface area contributed by atoms with Crippen LogP contribution >= 0.6 is 12.4 Å². The van der Waals surface area contributed by atoms with Gasteiger partial charge in [-0.15, -0.1) is 12.4 Å². The third-order valence-corrected chi connectivity index (χ3v) is 3.34. The molecule has 0 aliphatic carbocycles. The summed E-state index contributed by atoms with van der Waals surface area (Å²) in [6, 6.07) is 4.37. The number of halogens is 4. The van der Waals surface area contributed by atoms with E-state index in [0.717, 1.165) is 12.1 Å². The van der Waals surface area contributed by atoms with Gasteiger partial charge in [-0.2, -0.15) is 13.2 Å². The van der Waals surface area contributed by atoms with Crippen molar-refractivity contribution in [1.29, 1.82) is 0 Å². The van der Waals surface area contributed by atoms with Crippen molar-refractivity contribution in [3.63, 3.8) is 0 Å². The van der Waals surface area contributed by atoms with E-state index >= 15 is 0 Å². The number of benzene rings is 1. The quantitative estimate of drug-likeness (QED) is 0.681. The summed E-state index contributed by atoms with van der Waals surface area (Å²) in [5.74, 6) is -0.365. The molecule has 1 heterocycles. The lowest BCUT2D eigenvalue weighted by molar-refractivity contribution is -0.137. The highest BCUT2D eigenvalue weighted by Gasteiger charge is 2.30. The molecule has 1 aliphatic rings. The maximum Gasteiger partial charge on any atom is 0.416 e. The van der Waals surface area contributed by atoms with Crippen LogP contribution in [0.5, 0.6) is 5.75 Å². The Labute approximate surface area is 149 Å². The average Bonchev–Trinajstić information content (AvgIpc) is 2.58. The van der Waals surface area contributed by atoms with Gasteiger partial charge < -0.3 is 25.2 Å².